The van der Waals surface area contributed by atoms with Gasteiger partial charge in [-0.05, 0) is 47.4 Å². The fraction of sp³-hybridized carbons (Fsp3) is 0.217. The molecule has 4 rings (SSSR count). The summed E-state index contributed by atoms with van der Waals surface area (Å²) in [5.74, 6) is -0.949. The Labute approximate surface area is 181 Å². The van der Waals surface area contributed by atoms with Gasteiger partial charge in [0.25, 0.3) is 5.91 Å². The molecule has 31 heavy (non-hydrogen) atoms. The van der Waals surface area contributed by atoms with Crippen LogP contribution >= 0.6 is 0 Å². The van der Waals surface area contributed by atoms with Crippen LogP contribution < -0.4 is 10.9 Å². The number of sulfonamides is 1. The molecule has 0 bridgehead atoms. The zero-order valence-electron chi connectivity index (χ0n) is 16.9. The van der Waals surface area contributed by atoms with Crippen molar-refractivity contribution in [1.82, 2.24) is 15.2 Å². The number of fused-ring (bicyclic) bond motifs is 1. The van der Waals surface area contributed by atoms with Gasteiger partial charge in [-0.3, -0.25) is 20.4 Å². The van der Waals surface area contributed by atoms with E-state index < -0.39 is 15.9 Å². The predicted molar refractivity (Wildman–Crippen MR) is 118 cm³/mol. The van der Waals surface area contributed by atoms with Gasteiger partial charge < -0.3 is 0 Å². The Morgan fingerprint density at radius 1 is 0.871 bits per heavy atom. The Bertz CT molecular complexity index is 1230. The summed E-state index contributed by atoms with van der Waals surface area (Å²) in [5, 5.41) is 2.01. The van der Waals surface area contributed by atoms with Crippen molar-refractivity contribution < 1.29 is 18.0 Å². The Morgan fingerprint density at radius 2 is 1.58 bits per heavy atom. The van der Waals surface area contributed by atoms with E-state index in [1.165, 1.54) is 28.6 Å². The molecule has 2 N–H and O–H groups in total. The maximum atomic E-state index is 12.7. The van der Waals surface area contributed by atoms with Gasteiger partial charge in [0.15, 0.2) is 0 Å². The van der Waals surface area contributed by atoms with Crippen LogP contribution in [0.2, 0.25) is 0 Å². The van der Waals surface area contributed by atoms with Crippen molar-refractivity contribution in [3.05, 3.63) is 77.9 Å². The van der Waals surface area contributed by atoms with E-state index in [1.54, 1.807) is 0 Å². The number of carbonyl (C=O) groups excluding carboxylic acids is 2. The van der Waals surface area contributed by atoms with Gasteiger partial charge in [-0.25, -0.2) is 8.42 Å². The van der Waals surface area contributed by atoms with Gasteiger partial charge in [-0.1, -0.05) is 48.5 Å². The Kier molecular flexibility index (Phi) is 6.01. The predicted octanol–water partition coefficient (Wildman–Crippen LogP) is 2.63. The molecule has 0 atom stereocenters. The first kappa shape index (κ1) is 21.0. The summed E-state index contributed by atoms with van der Waals surface area (Å²) in [6.45, 7) is 0.978. The molecule has 0 unspecified atom stereocenters. The van der Waals surface area contributed by atoms with E-state index in [2.05, 4.69) is 10.9 Å². The lowest BCUT2D eigenvalue weighted by molar-refractivity contribution is -0.121. The van der Waals surface area contributed by atoms with E-state index in [-0.39, 0.29) is 22.8 Å². The number of amides is 2. The van der Waals surface area contributed by atoms with Gasteiger partial charge >= 0.3 is 0 Å². The SMILES string of the molecule is O=C(Cc1cccc2ccccc12)NNC(=O)c1cccc(S(=O)(=O)N2CCCC2)c1. The smallest absolute Gasteiger partial charge is 0.269 e. The van der Waals surface area contributed by atoms with E-state index in [0.29, 0.717) is 13.1 Å². The molecule has 1 saturated heterocycles. The van der Waals surface area contributed by atoms with Crippen molar-refractivity contribution in [2.75, 3.05) is 13.1 Å². The van der Waals surface area contributed by atoms with Gasteiger partial charge in [0.2, 0.25) is 15.9 Å². The highest BCUT2D eigenvalue weighted by Gasteiger charge is 2.27. The number of hydrogen-bond acceptors (Lipinski definition) is 4. The largest absolute Gasteiger partial charge is 0.273 e. The number of nitrogens with zero attached hydrogens (tertiary/aromatic N) is 1. The van der Waals surface area contributed by atoms with Gasteiger partial charge in [0, 0.05) is 18.7 Å². The zero-order valence-corrected chi connectivity index (χ0v) is 17.7. The summed E-state index contributed by atoms with van der Waals surface area (Å²) in [6.07, 6.45) is 1.77. The Hall–Kier alpha value is -3.23. The fourth-order valence-corrected chi connectivity index (χ4v) is 5.30. The van der Waals surface area contributed by atoms with Crippen molar-refractivity contribution in [3.8, 4) is 0 Å². The monoisotopic (exact) mass is 437 g/mol. The third-order valence-electron chi connectivity index (χ3n) is 5.35. The number of carbonyl (C=O) groups is 2. The highest BCUT2D eigenvalue weighted by atomic mass is 32.2. The molecule has 0 spiro atoms. The van der Waals surface area contributed by atoms with Crippen molar-refractivity contribution in [2.45, 2.75) is 24.2 Å². The summed E-state index contributed by atoms with van der Waals surface area (Å²) in [7, 11) is -3.62. The molecule has 1 aliphatic rings. The number of rotatable bonds is 5. The van der Waals surface area contributed by atoms with Crippen LogP contribution in [0.25, 0.3) is 10.8 Å². The minimum atomic E-state index is -3.62. The lowest BCUT2D eigenvalue weighted by atomic mass is 10.0. The highest BCUT2D eigenvalue weighted by Crippen LogP contribution is 2.22. The van der Waals surface area contributed by atoms with Crippen molar-refractivity contribution in [2.24, 2.45) is 0 Å². The summed E-state index contributed by atoms with van der Waals surface area (Å²) >= 11 is 0. The van der Waals surface area contributed by atoms with Crippen LogP contribution in [0.15, 0.2) is 71.6 Å². The average molecular weight is 438 g/mol. The van der Waals surface area contributed by atoms with Crippen LogP contribution in [0, 0.1) is 0 Å². The third kappa shape index (κ3) is 4.60. The van der Waals surface area contributed by atoms with Crippen LogP contribution in [-0.2, 0) is 21.2 Å². The van der Waals surface area contributed by atoms with E-state index >= 15 is 0 Å². The standard InChI is InChI=1S/C23H23N3O4S/c27-22(16-18-9-5-8-17-7-1-2-12-21(17)18)24-25-23(28)19-10-6-11-20(15-19)31(29,30)26-13-3-4-14-26/h1-2,5-12,15H,3-4,13-14,16H2,(H,24,27)(H,25,28). The zero-order chi connectivity index (χ0) is 21.8. The van der Waals surface area contributed by atoms with Crippen molar-refractivity contribution in [1.29, 1.82) is 0 Å². The van der Waals surface area contributed by atoms with E-state index in [9.17, 15) is 18.0 Å². The molecule has 0 aliphatic carbocycles. The van der Waals surface area contributed by atoms with Crippen LogP contribution in [-0.4, -0.2) is 37.6 Å². The molecule has 8 heteroatoms. The molecule has 7 nitrogen and oxygen atoms in total. The molecule has 0 saturated carbocycles. The fourth-order valence-electron chi connectivity index (χ4n) is 3.74. The number of hydrogen-bond donors (Lipinski definition) is 2. The van der Waals surface area contributed by atoms with Gasteiger partial charge in [0.05, 0.1) is 11.3 Å². The summed E-state index contributed by atoms with van der Waals surface area (Å²) in [5.41, 5.74) is 5.79. The second kappa shape index (κ2) is 8.87. The van der Waals surface area contributed by atoms with E-state index in [0.717, 1.165) is 29.2 Å². The molecule has 0 radical (unpaired) electrons. The van der Waals surface area contributed by atoms with Gasteiger partial charge in [0.1, 0.15) is 0 Å². The molecule has 2 amide bonds. The molecular formula is C23H23N3O4S. The van der Waals surface area contributed by atoms with Crippen LogP contribution in [0.1, 0.15) is 28.8 Å². The molecule has 160 valence electrons. The summed E-state index contributed by atoms with van der Waals surface area (Å²) < 4.78 is 26.8. The Morgan fingerprint density at radius 3 is 2.39 bits per heavy atom. The summed E-state index contributed by atoms with van der Waals surface area (Å²) in [6, 6.07) is 19.3. The molecule has 0 aromatic heterocycles. The second-order valence-corrected chi connectivity index (χ2v) is 9.39. The molecule has 1 heterocycles. The molecule has 3 aromatic rings. The lowest BCUT2D eigenvalue weighted by Crippen LogP contribution is -2.42. The van der Waals surface area contributed by atoms with Crippen molar-refractivity contribution in [3.63, 3.8) is 0 Å². The first-order valence-corrected chi connectivity index (χ1v) is 11.6. The molecule has 3 aromatic carbocycles. The highest BCUT2D eigenvalue weighted by molar-refractivity contribution is 7.89. The second-order valence-electron chi connectivity index (χ2n) is 7.46. The minimum absolute atomic E-state index is 0.0733. The van der Waals surface area contributed by atoms with E-state index in [4.69, 9.17) is 0 Å². The first-order chi connectivity index (χ1) is 14.9. The third-order valence-corrected chi connectivity index (χ3v) is 7.24. The van der Waals surface area contributed by atoms with Crippen LogP contribution in [0.3, 0.4) is 0 Å². The van der Waals surface area contributed by atoms with Gasteiger partial charge in [-0.15, -0.1) is 0 Å². The number of benzene rings is 3. The number of hydrazine groups is 1. The quantitative estimate of drug-likeness (QED) is 0.600. The molecular weight excluding hydrogens is 414 g/mol. The molecule has 1 aliphatic heterocycles. The molecule has 1 fully saturated rings. The normalized spacial score (nSPS) is 14.5. The number of nitrogens with one attached hydrogen (secondary N) is 2. The maximum absolute atomic E-state index is 12.7. The summed E-state index contributed by atoms with van der Waals surface area (Å²) in [4.78, 5) is 24.9. The first-order valence-electron chi connectivity index (χ1n) is 10.1. The van der Waals surface area contributed by atoms with E-state index in [1.807, 2.05) is 42.5 Å². The van der Waals surface area contributed by atoms with Crippen LogP contribution in [0.4, 0.5) is 0 Å². The minimum Gasteiger partial charge on any atom is -0.273 e. The topological polar surface area (TPSA) is 95.6 Å². The van der Waals surface area contributed by atoms with Crippen LogP contribution in [0.5, 0.6) is 0 Å². The Balaban J connectivity index is 1.41. The lowest BCUT2D eigenvalue weighted by Gasteiger charge is -2.16. The average Bonchev–Trinajstić information content (AvgIpc) is 3.34. The van der Waals surface area contributed by atoms with Crippen molar-refractivity contribution >= 4 is 32.6 Å². The maximum Gasteiger partial charge on any atom is 0.269 e. The van der Waals surface area contributed by atoms with Gasteiger partial charge in [-0.2, -0.15) is 4.31 Å².